The normalized spacial score (nSPS) is 13.9. The van der Waals surface area contributed by atoms with E-state index < -0.39 is 5.54 Å². The second-order valence-electron chi connectivity index (χ2n) is 4.56. The summed E-state index contributed by atoms with van der Waals surface area (Å²) in [5.74, 6) is 0.742. The zero-order valence-electron chi connectivity index (χ0n) is 11.1. The van der Waals surface area contributed by atoms with Gasteiger partial charge in [0.1, 0.15) is 5.75 Å². The first kappa shape index (κ1) is 14.0. The number of aromatic nitrogens is 1. The number of pyridine rings is 1. The van der Waals surface area contributed by atoms with E-state index in [1.165, 1.54) is 0 Å². The van der Waals surface area contributed by atoms with Crippen LogP contribution in [0.3, 0.4) is 0 Å². The SMILES string of the molecule is CCOc1cncc(C(C)(N)c2cccc(Br)c2)c1. The van der Waals surface area contributed by atoms with E-state index in [-0.39, 0.29) is 0 Å². The second kappa shape index (κ2) is 5.72. The van der Waals surface area contributed by atoms with Gasteiger partial charge < -0.3 is 10.5 Å². The first-order chi connectivity index (χ1) is 9.04. The number of hydrogen-bond acceptors (Lipinski definition) is 3. The molecule has 0 radical (unpaired) electrons. The van der Waals surface area contributed by atoms with Crippen molar-refractivity contribution >= 4 is 15.9 Å². The Bertz CT molecular complexity index is 570. The van der Waals surface area contributed by atoms with Gasteiger partial charge >= 0.3 is 0 Å². The van der Waals surface area contributed by atoms with E-state index in [0.29, 0.717) is 6.61 Å². The lowest BCUT2D eigenvalue weighted by atomic mass is 9.87. The molecule has 1 aromatic carbocycles. The lowest BCUT2D eigenvalue weighted by molar-refractivity contribution is 0.337. The zero-order valence-corrected chi connectivity index (χ0v) is 12.6. The number of ether oxygens (including phenoxy) is 1. The molecule has 2 aromatic rings. The molecule has 2 rings (SSSR count). The molecule has 0 amide bonds. The van der Waals surface area contributed by atoms with Gasteiger partial charge in [0.25, 0.3) is 0 Å². The van der Waals surface area contributed by atoms with Crippen molar-refractivity contribution in [2.24, 2.45) is 5.73 Å². The first-order valence-electron chi connectivity index (χ1n) is 6.17. The van der Waals surface area contributed by atoms with Crippen molar-refractivity contribution in [3.8, 4) is 5.75 Å². The summed E-state index contributed by atoms with van der Waals surface area (Å²) in [6, 6.07) is 9.93. The summed E-state index contributed by atoms with van der Waals surface area (Å²) in [7, 11) is 0. The standard InChI is InChI=1S/C15H17BrN2O/c1-3-19-14-8-12(9-18-10-14)15(2,17)11-5-4-6-13(16)7-11/h4-10H,3,17H2,1-2H3. The predicted octanol–water partition coefficient (Wildman–Crippen LogP) is 3.47. The van der Waals surface area contributed by atoms with Gasteiger partial charge in [-0.1, -0.05) is 28.1 Å². The summed E-state index contributed by atoms with van der Waals surface area (Å²) < 4.78 is 6.48. The third kappa shape index (κ3) is 3.14. The van der Waals surface area contributed by atoms with Crippen LogP contribution in [0.4, 0.5) is 0 Å². The maximum atomic E-state index is 6.48. The molecular weight excluding hydrogens is 304 g/mol. The molecule has 1 aromatic heterocycles. The van der Waals surface area contributed by atoms with Crippen LogP contribution in [-0.4, -0.2) is 11.6 Å². The Kier molecular flexibility index (Phi) is 4.22. The fourth-order valence-electron chi connectivity index (χ4n) is 1.93. The second-order valence-corrected chi connectivity index (χ2v) is 5.47. The number of halogens is 1. The van der Waals surface area contributed by atoms with E-state index in [9.17, 15) is 0 Å². The van der Waals surface area contributed by atoms with Crippen LogP contribution in [-0.2, 0) is 5.54 Å². The van der Waals surface area contributed by atoms with Crippen LogP contribution in [0.5, 0.6) is 5.75 Å². The van der Waals surface area contributed by atoms with Gasteiger partial charge in [-0.25, -0.2) is 0 Å². The summed E-state index contributed by atoms with van der Waals surface area (Å²) in [5, 5.41) is 0. The highest BCUT2D eigenvalue weighted by Crippen LogP contribution is 2.29. The average Bonchev–Trinajstić information content (AvgIpc) is 2.39. The van der Waals surface area contributed by atoms with E-state index in [1.54, 1.807) is 12.4 Å². The molecule has 0 aliphatic rings. The Morgan fingerprint density at radius 3 is 2.74 bits per heavy atom. The fourth-order valence-corrected chi connectivity index (χ4v) is 2.33. The minimum atomic E-state index is -0.607. The van der Waals surface area contributed by atoms with Crippen LogP contribution in [0.25, 0.3) is 0 Å². The van der Waals surface area contributed by atoms with Crippen LogP contribution in [0.1, 0.15) is 25.0 Å². The molecule has 1 unspecified atom stereocenters. The summed E-state index contributed by atoms with van der Waals surface area (Å²) in [5.41, 5.74) is 7.82. The molecule has 0 aliphatic heterocycles. The summed E-state index contributed by atoms with van der Waals surface area (Å²) in [4.78, 5) is 4.20. The third-order valence-electron chi connectivity index (χ3n) is 3.05. The molecule has 0 bridgehead atoms. The number of benzene rings is 1. The van der Waals surface area contributed by atoms with E-state index in [2.05, 4.69) is 20.9 Å². The molecule has 0 saturated carbocycles. The van der Waals surface area contributed by atoms with Crippen molar-refractivity contribution in [3.05, 3.63) is 58.3 Å². The van der Waals surface area contributed by atoms with Gasteiger partial charge in [-0.15, -0.1) is 0 Å². The summed E-state index contributed by atoms with van der Waals surface area (Å²) in [6.45, 7) is 4.54. The van der Waals surface area contributed by atoms with E-state index in [1.807, 2.05) is 44.2 Å². The van der Waals surface area contributed by atoms with E-state index in [4.69, 9.17) is 10.5 Å². The van der Waals surface area contributed by atoms with Crippen LogP contribution >= 0.6 is 15.9 Å². The van der Waals surface area contributed by atoms with Crippen LogP contribution < -0.4 is 10.5 Å². The largest absolute Gasteiger partial charge is 0.492 e. The van der Waals surface area contributed by atoms with Crippen molar-refractivity contribution < 1.29 is 4.74 Å². The van der Waals surface area contributed by atoms with Crippen LogP contribution in [0.15, 0.2) is 47.2 Å². The van der Waals surface area contributed by atoms with Gasteiger partial charge in [0.05, 0.1) is 18.3 Å². The molecule has 0 aliphatic carbocycles. The Balaban J connectivity index is 2.41. The van der Waals surface area contributed by atoms with Gasteiger partial charge in [0.2, 0.25) is 0 Å². The minimum absolute atomic E-state index is 0.607. The average molecular weight is 321 g/mol. The molecule has 2 N–H and O–H groups in total. The molecule has 100 valence electrons. The van der Waals surface area contributed by atoms with Gasteiger partial charge in [-0.2, -0.15) is 0 Å². The third-order valence-corrected chi connectivity index (χ3v) is 3.54. The van der Waals surface area contributed by atoms with Crippen molar-refractivity contribution in [2.45, 2.75) is 19.4 Å². The molecule has 0 spiro atoms. The molecule has 1 heterocycles. The van der Waals surface area contributed by atoms with Crippen LogP contribution in [0, 0.1) is 0 Å². The highest BCUT2D eigenvalue weighted by molar-refractivity contribution is 9.10. The molecule has 3 nitrogen and oxygen atoms in total. The molecular formula is C15H17BrN2O. The smallest absolute Gasteiger partial charge is 0.137 e. The lowest BCUT2D eigenvalue weighted by Gasteiger charge is -2.26. The predicted molar refractivity (Wildman–Crippen MR) is 80.2 cm³/mol. The molecule has 1 atom stereocenters. The minimum Gasteiger partial charge on any atom is -0.492 e. The highest BCUT2D eigenvalue weighted by Gasteiger charge is 2.24. The zero-order chi connectivity index (χ0) is 13.9. The van der Waals surface area contributed by atoms with Crippen molar-refractivity contribution in [3.63, 3.8) is 0 Å². The molecule has 4 heteroatoms. The van der Waals surface area contributed by atoms with Crippen LogP contribution in [0.2, 0.25) is 0 Å². The molecule has 0 fully saturated rings. The number of nitrogens with two attached hydrogens (primary N) is 1. The van der Waals surface area contributed by atoms with E-state index in [0.717, 1.165) is 21.3 Å². The Labute approximate surface area is 121 Å². The number of rotatable bonds is 4. The fraction of sp³-hybridized carbons (Fsp3) is 0.267. The van der Waals surface area contributed by atoms with E-state index >= 15 is 0 Å². The van der Waals surface area contributed by atoms with Gasteiger partial charge in [-0.3, -0.25) is 4.98 Å². The lowest BCUT2D eigenvalue weighted by Crippen LogP contribution is -2.34. The quantitative estimate of drug-likeness (QED) is 0.938. The maximum Gasteiger partial charge on any atom is 0.137 e. The Morgan fingerprint density at radius 2 is 2.05 bits per heavy atom. The summed E-state index contributed by atoms with van der Waals surface area (Å²) >= 11 is 3.47. The van der Waals surface area contributed by atoms with Gasteiger partial charge in [-0.05, 0) is 43.2 Å². The molecule has 19 heavy (non-hydrogen) atoms. The monoisotopic (exact) mass is 320 g/mol. The van der Waals surface area contributed by atoms with Crippen molar-refractivity contribution in [1.82, 2.24) is 4.98 Å². The number of nitrogens with zero attached hydrogens (tertiary/aromatic N) is 1. The highest BCUT2D eigenvalue weighted by atomic mass is 79.9. The van der Waals surface area contributed by atoms with Crippen molar-refractivity contribution in [1.29, 1.82) is 0 Å². The van der Waals surface area contributed by atoms with Gasteiger partial charge in [0.15, 0.2) is 0 Å². The Hall–Kier alpha value is -1.39. The van der Waals surface area contributed by atoms with Gasteiger partial charge in [0, 0.05) is 10.7 Å². The topological polar surface area (TPSA) is 48.1 Å². The Morgan fingerprint density at radius 1 is 1.26 bits per heavy atom. The molecule has 0 saturated heterocycles. The number of hydrogen-bond donors (Lipinski definition) is 1. The van der Waals surface area contributed by atoms with Crippen molar-refractivity contribution in [2.75, 3.05) is 6.61 Å². The maximum absolute atomic E-state index is 6.48. The summed E-state index contributed by atoms with van der Waals surface area (Å²) in [6.07, 6.45) is 3.48. The first-order valence-corrected chi connectivity index (χ1v) is 6.96.